The Morgan fingerprint density at radius 2 is 2.33 bits per heavy atom. The molecule has 0 atom stereocenters. The molecule has 0 bridgehead atoms. The molecule has 0 saturated heterocycles. The number of hydrogen-bond donors (Lipinski definition) is 1. The van der Waals surface area contributed by atoms with Crippen LogP contribution in [0.4, 0.5) is 5.13 Å². The number of thiazole rings is 1. The Labute approximate surface area is 99.2 Å². The predicted octanol–water partition coefficient (Wildman–Crippen LogP) is 1.79. The minimum Gasteiger partial charge on any atom is -0.378 e. The summed E-state index contributed by atoms with van der Waals surface area (Å²) in [7, 11) is 4.05. The van der Waals surface area contributed by atoms with Gasteiger partial charge in [0.15, 0.2) is 5.13 Å². The van der Waals surface area contributed by atoms with E-state index in [1.54, 1.807) is 5.38 Å². The summed E-state index contributed by atoms with van der Waals surface area (Å²) < 4.78 is 5.41. The van der Waals surface area contributed by atoms with Crippen molar-refractivity contribution in [2.75, 3.05) is 45.7 Å². The Hall–Kier alpha value is -0.360. The molecule has 4 nitrogen and oxygen atoms in total. The van der Waals surface area contributed by atoms with Crippen molar-refractivity contribution in [1.29, 1.82) is 0 Å². The second kappa shape index (κ2) is 7.00. The van der Waals surface area contributed by atoms with Crippen LogP contribution in [0.1, 0.15) is 0 Å². The number of anilines is 1. The molecule has 1 aromatic heterocycles. The van der Waals surface area contributed by atoms with Gasteiger partial charge >= 0.3 is 0 Å². The summed E-state index contributed by atoms with van der Waals surface area (Å²) in [6.07, 6.45) is 0. The first-order valence-corrected chi connectivity index (χ1v) is 6.01. The Balaban J connectivity index is 1.98. The SMILES string of the molecule is CN(C)CCOCCNc1nc(Cl)cs1. The largest absolute Gasteiger partial charge is 0.378 e. The Morgan fingerprint density at radius 1 is 1.53 bits per heavy atom. The highest BCUT2D eigenvalue weighted by atomic mass is 35.5. The molecule has 1 N–H and O–H groups in total. The summed E-state index contributed by atoms with van der Waals surface area (Å²) in [6.45, 7) is 3.15. The van der Waals surface area contributed by atoms with E-state index in [1.807, 2.05) is 14.1 Å². The molecule has 0 aliphatic rings. The van der Waals surface area contributed by atoms with Gasteiger partial charge in [0, 0.05) is 18.5 Å². The van der Waals surface area contributed by atoms with Crippen LogP contribution < -0.4 is 5.32 Å². The fourth-order valence-electron chi connectivity index (χ4n) is 0.915. The van der Waals surface area contributed by atoms with Crippen LogP contribution in [-0.2, 0) is 4.74 Å². The third-order valence-corrected chi connectivity index (χ3v) is 2.80. The van der Waals surface area contributed by atoms with Gasteiger partial charge in [-0.1, -0.05) is 11.6 Å². The van der Waals surface area contributed by atoms with Gasteiger partial charge < -0.3 is 15.0 Å². The molecule has 1 heterocycles. The van der Waals surface area contributed by atoms with Crippen molar-refractivity contribution in [2.45, 2.75) is 0 Å². The second-order valence-corrected chi connectivity index (χ2v) is 4.56. The first kappa shape index (κ1) is 12.7. The lowest BCUT2D eigenvalue weighted by molar-refractivity contribution is 0.126. The molecule has 0 spiro atoms. The predicted molar refractivity (Wildman–Crippen MR) is 65.0 cm³/mol. The third-order valence-electron chi connectivity index (χ3n) is 1.68. The van der Waals surface area contributed by atoms with Crippen LogP contribution in [0.5, 0.6) is 0 Å². The lowest BCUT2D eigenvalue weighted by Gasteiger charge is -2.09. The molecule has 0 saturated carbocycles. The van der Waals surface area contributed by atoms with Crippen molar-refractivity contribution in [3.63, 3.8) is 0 Å². The molecule has 0 fully saturated rings. The van der Waals surface area contributed by atoms with Crippen LogP contribution in [0.25, 0.3) is 0 Å². The molecule has 0 aliphatic heterocycles. The summed E-state index contributed by atoms with van der Waals surface area (Å²) in [5, 5.41) is 6.32. The van der Waals surface area contributed by atoms with E-state index in [-0.39, 0.29) is 0 Å². The maximum Gasteiger partial charge on any atom is 0.184 e. The van der Waals surface area contributed by atoms with Crippen molar-refractivity contribution in [2.24, 2.45) is 0 Å². The summed E-state index contributed by atoms with van der Waals surface area (Å²) in [4.78, 5) is 6.16. The van der Waals surface area contributed by atoms with E-state index in [4.69, 9.17) is 16.3 Å². The lowest BCUT2D eigenvalue weighted by Crippen LogP contribution is -2.19. The summed E-state index contributed by atoms with van der Waals surface area (Å²) >= 11 is 7.18. The van der Waals surface area contributed by atoms with Gasteiger partial charge in [-0.3, -0.25) is 0 Å². The summed E-state index contributed by atoms with van der Waals surface area (Å²) in [5.41, 5.74) is 0. The monoisotopic (exact) mass is 249 g/mol. The smallest absolute Gasteiger partial charge is 0.184 e. The number of halogens is 1. The van der Waals surface area contributed by atoms with Crippen LogP contribution in [0, 0.1) is 0 Å². The molecule has 1 rings (SSSR count). The first-order chi connectivity index (χ1) is 7.18. The molecule has 0 aliphatic carbocycles. The number of likely N-dealkylation sites (N-methyl/N-ethyl adjacent to an activating group) is 1. The zero-order valence-corrected chi connectivity index (χ0v) is 10.6. The van der Waals surface area contributed by atoms with E-state index in [0.717, 1.165) is 24.8 Å². The average Bonchev–Trinajstić information content (AvgIpc) is 2.57. The highest BCUT2D eigenvalue weighted by molar-refractivity contribution is 7.14. The standard InChI is InChI=1S/C9H16ClN3OS/c1-13(2)4-6-14-5-3-11-9-12-8(10)7-15-9/h7H,3-6H2,1-2H3,(H,11,12). The molecule has 6 heteroatoms. The highest BCUT2D eigenvalue weighted by Gasteiger charge is 1.97. The van der Waals surface area contributed by atoms with E-state index in [1.165, 1.54) is 11.3 Å². The average molecular weight is 250 g/mol. The van der Waals surface area contributed by atoms with Crippen molar-refractivity contribution < 1.29 is 4.74 Å². The molecule has 0 aromatic carbocycles. The fraction of sp³-hybridized carbons (Fsp3) is 0.667. The van der Waals surface area contributed by atoms with E-state index >= 15 is 0 Å². The van der Waals surface area contributed by atoms with Gasteiger partial charge in [0.2, 0.25) is 0 Å². The topological polar surface area (TPSA) is 37.4 Å². The highest BCUT2D eigenvalue weighted by Crippen LogP contribution is 2.18. The van der Waals surface area contributed by atoms with Gasteiger partial charge in [-0.2, -0.15) is 0 Å². The minimum absolute atomic E-state index is 0.538. The van der Waals surface area contributed by atoms with Crippen LogP contribution in [0.3, 0.4) is 0 Å². The number of ether oxygens (including phenoxy) is 1. The number of nitrogens with one attached hydrogen (secondary N) is 1. The summed E-state index contributed by atoms with van der Waals surface area (Å²) in [6, 6.07) is 0. The minimum atomic E-state index is 0.538. The van der Waals surface area contributed by atoms with Gasteiger partial charge in [0.1, 0.15) is 5.15 Å². The van der Waals surface area contributed by atoms with E-state index in [0.29, 0.717) is 11.8 Å². The number of rotatable bonds is 7. The van der Waals surface area contributed by atoms with Crippen LogP contribution in [0.15, 0.2) is 5.38 Å². The first-order valence-electron chi connectivity index (χ1n) is 4.76. The van der Waals surface area contributed by atoms with E-state index < -0.39 is 0 Å². The van der Waals surface area contributed by atoms with Crippen molar-refractivity contribution in [1.82, 2.24) is 9.88 Å². The molecule has 86 valence electrons. The Morgan fingerprint density at radius 3 is 2.93 bits per heavy atom. The normalized spacial score (nSPS) is 10.9. The number of aromatic nitrogens is 1. The maximum atomic E-state index is 5.68. The Bertz CT molecular complexity index is 280. The van der Waals surface area contributed by atoms with Crippen molar-refractivity contribution in [3.05, 3.63) is 10.5 Å². The molecular formula is C9H16ClN3OS. The fourth-order valence-corrected chi connectivity index (χ4v) is 1.78. The molecule has 15 heavy (non-hydrogen) atoms. The molecule has 0 amide bonds. The van der Waals surface area contributed by atoms with Gasteiger partial charge in [-0.05, 0) is 14.1 Å². The van der Waals surface area contributed by atoms with Crippen LogP contribution in [0.2, 0.25) is 5.15 Å². The summed E-state index contributed by atoms with van der Waals surface area (Å²) in [5.74, 6) is 0. The number of hydrogen-bond acceptors (Lipinski definition) is 5. The lowest BCUT2D eigenvalue weighted by atomic mass is 10.6. The van der Waals surface area contributed by atoms with Crippen molar-refractivity contribution in [3.8, 4) is 0 Å². The molecule has 0 radical (unpaired) electrons. The Kier molecular flexibility index (Phi) is 5.93. The number of nitrogens with zero attached hydrogens (tertiary/aromatic N) is 2. The van der Waals surface area contributed by atoms with Gasteiger partial charge in [-0.25, -0.2) is 4.98 Å². The molecule has 0 unspecified atom stereocenters. The zero-order chi connectivity index (χ0) is 11.1. The quantitative estimate of drug-likeness (QED) is 0.748. The van der Waals surface area contributed by atoms with E-state index in [2.05, 4.69) is 15.2 Å². The van der Waals surface area contributed by atoms with E-state index in [9.17, 15) is 0 Å². The van der Waals surface area contributed by atoms with Crippen LogP contribution >= 0.6 is 22.9 Å². The van der Waals surface area contributed by atoms with Gasteiger partial charge in [0.25, 0.3) is 0 Å². The van der Waals surface area contributed by atoms with Gasteiger partial charge in [-0.15, -0.1) is 11.3 Å². The van der Waals surface area contributed by atoms with Crippen molar-refractivity contribution >= 4 is 28.1 Å². The zero-order valence-electron chi connectivity index (χ0n) is 8.99. The second-order valence-electron chi connectivity index (χ2n) is 3.32. The maximum absolute atomic E-state index is 5.68. The van der Waals surface area contributed by atoms with Crippen LogP contribution in [-0.4, -0.2) is 50.3 Å². The van der Waals surface area contributed by atoms with Gasteiger partial charge in [0.05, 0.1) is 13.2 Å². The third kappa shape index (κ3) is 5.94. The molecule has 1 aromatic rings. The molecular weight excluding hydrogens is 234 g/mol.